The van der Waals surface area contributed by atoms with Gasteiger partial charge in [-0.2, -0.15) is 0 Å². The first kappa shape index (κ1) is 13.2. The molecular weight excluding hydrogens is 218 g/mol. The minimum absolute atomic E-state index is 0.102. The van der Waals surface area contributed by atoms with E-state index in [1.54, 1.807) is 0 Å². The van der Waals surface area contributed by atoms with Crippen LogP contribution < -0.4 is 4.74 Å². The van der Waals surface area contributed by atoms with E-state index >= 15 is 0 Å². The van der Waals surface area contributed by atoms with Gasteiger partial charge in [-0.05, 0) is 12.0 Å². The molecule has 92 valence electrons. The highest BCUT2D eigenvalue weighted by Gasteiger charge is 2.07. The van der Waals surface area contributed by atoms with Crippen molar-refractivity contribution in [2.75, 3.05) is 6.61 Å². The Morgan fingerprint density at radius 1 is 1.47 bits per heavy atom. The molecule has 1 rings (SSSR count). The maximum Gasteiger partial charge on any atom is 0.243 e. The molecule has 0 heterocycles. The number of para-hydroxylation sites is 1. The van der Waals surface area contributed by atoms with Crippen molar-refractivity contribution in [2.45, 2.75) is 20.8 Å². The van der Waals surface area contributed by atoms with Crippen molar-refractivity contribution in [3.8, 4) is 5.75 Å². The lowest BCUT2D eigenvalue weighted by Gasteiger charge is -2.10. The standard InChI is InChI=1S/C13H17NO3/c1-10(2)9-17-13-7-5-4-6-12(13)8-11(3)14(15)16/h4-8,10H,9H2,1-3H3/b11-8+. The second-order valence-corrected chi connectivity index (χ2v) is 4.29. The van der Waals surface area contributed by atoms with Crippen molar-refractivity contribution in [3.05, 3.63) is 45.6 Å². The molecule has 4 heteroatoms. The van der Waals surface area contributed by atoms with Crippen LogP contribution in [0.1, 0.15) is 26.3 Å². The predicted octanol–water partition coefficient (Wildman–Crippen LogP) is 3.36. The molecule has 0 spiro atoms. The van der Waals surface area contributed by atoms with Gasteiger partial charge in [-0.3, -0.25) is 10.1 Å². The van der Waals surface area contributed by atoms with Crippen LogP contribution in [0.15, 0.2) is 30.0 Å². The normalized spacial score (nSPS) is 11.6. The number of benzene rings is 1. The Morgan fingerprint density at radius 3 is 2.71 bits per heavy atom. The molecule has 1 aromatic carbocycles. The SMILES string of the molecule is C/C(=C\c1ccccc1OCC(C)C)[N+](=O)[O-]. The van der Waals surface area contributed by atoms with Crippen LogP contribution in [0.2, 0.25) is 0 Å². The fraction of sp³-hybridized carbons (Fsp3) is 0.385. The van der Waals surface area contributed by atoms with E-state index in [2.05, 4.69) is 13.8 Å². The highest BCUT2D eigenvalue weighted by Crippen LogP contribution is 2.21. The van der Waals surface area contributed by atoms with Crippen molar-refractivity contribution < 1.29 is 9.66 Å². The Kier molecular flexibility index (Phi) is 4.69. The molecule has 0 aliphatic heterocycles. The molecule has 0 aliphatic carbocycles. The number of hydrogen-bond donors (Lipinski definition) is 0. The predicted molar refractivity (Wildman–Crippen MR) is 67.4 cm³/mol. The van der Waals surface area contributed by atoms with Crippen LogP contribution in [0.4, 0.5) is 0 Å². The Morgan fingerprint density at radius 2 is 2.12 bits per heavy atom. The Labute approximate surface area is 101 Å². The van der Waals surface area contributed by atoms with Crippen LogP contribution in [0.25, 0.3) is 6.08 Å². The van der Waals surface area contributed by atoms with Crippen LogP contribution in [0.3, 0.4) is 0 Å². The van der Waals surface area contributed by atoms with Crippen LogP contribution in [0, 0.1) is 16.0 Å². The van der Waals surface area contributed by atoms with E-state index in [-0.39, 0.29) is 5.70 Å². The maximum atomic E-state index is 10.6. The number of nitro groups is 1. The lowest BCUT2D eigenvalue weighted by molar-refractivity contribution is -0.422. The molecule has 0 atom stereocenters. The van der Waals surface area contributed by atoms with Crippen LogP contribution >= 0.6 is 0 Å². The van der Waals surface area contributed by atoms with Gasteiger partial charge >= 0.3 is 0 Å². The fourth-order valence-electron chi connectivity index (χ4n) is 1.27. The summed E-state index contributed by atoms with van der Waals surface area (Å²) in [6.45, 7) is 6.18. The number of nitrogens with zero attached hydrogens (tertiary/aromatic N) is 1. The first-order valence-electron chi connectivity index (χ1n) is 5.55. The van der Waals surface area contributed by atoms with Gasteiger partial charge < -0.3 is 4.74 Å². The summed E-state index contributed by atoms with van der Waals surface area (Å²) in [6, 6.07) is 7.32. The summed E-state index contributed by atoms with van der Waals surface area (Å²) in [5.74, 6) is 1.10. The third-order valence-electron chi connectivity index (χ3n) is 2.14. The van der Waals surface area contributed by atoms with E-state index in [0.717, 1.165) is 5.56 Å². The summed E-state index contributed by atoms with van der Waals surface area (Å²) in [5, 5.41) is 10.6. The van der Waals surface area contributed by atoms with Gasteiger partial charge in [0.25, 0.3) is 0 Å². The average Bonchev–Trinajstić information content (AvgIpc) is 2.27. The van der Waals surface area contributed by atoms with Gasteiger partial charge in [0, 0.05) is 18.6 Å². The van der Waals surface area contributed by atoms with E-state index in [1.165, 1.54) is 13.0 Å². The molecular formula is C13H17NO3. The minimum atomic E-state index is -0.404. The van der Waals surface area contributed by atoms with Crippen molar-refractivity contribution in [2.24, 2.45) is 5.92 Å². The second kappa shape index (κ2) is 6.03. The number of hydrogen-bond acceptors (Lipinski definition) is 3. The Balaban J connectivity index is 2.92. The van der Waals surface area contributed by atoms with Crippen molar-refractivity contribution >= 4 is 6.08 Å². The van der Waals surface area contributed by atoms with E-state index in [4.69, 9.17) is 4.74 Å². The highest BCUT2D eigenvalue weighted by molar-refractivity contribution is 5.58. The molecule has 0 N–H and O–H groups in total. The van der Waals surface area contributed by atoms with Gasteiger partial charge in [0.1, 0.15) is 5.75 Å². The molecule has 0 unspecified atom stereocenters. The van der Waals surface area contributed by atoms with E-state index < -0.39 is 4.92 Å². The quantitative estimate of drug-likeness (QED) is 0.580. The smallest absolute Gasteiger partial charge is 0.243 e. The van der Waals surface area contributed by atoms with Crippen molar-refractivity contribution in [1.29, 1.82) is 0 Å². The molecule has 0 aromatic heterocycles. The molecule has 0 fully saturated rings. The van der Waals surface area contributed by atoms with Crippen LogP contribution in [0.5, 0.6) is 5.75 Å². The lowest BCUT2D eigenvalue weighted by atomic mass is 10.1. The van der Waals surface area contributed by atoms with Gasteiger partial charge in [-0.1, -0.05) is 32.0 Å². The summed E-state index contributed by atoms with van der Waals surface area (Å²) in [5.41, 5.74) is 0.841. The van der Waals surface area contributed by atoms with E-state index in [0.29, 0.717) is 18.3 Å². The van der Waals surface area contributed by atoms with Gasteiger partial charge in [0.05, 0.1) is 11.5 Å². The van der Waals surface area contributed by atoms with E-state index in [9.17, 15) is 10.1 Å². The molecule has 0 bridgehead atoms. The van der Waals surface area contributed by atoms with Gasteiger partial charge in [0.15, 0.2) is 0 Å². The van der Waals surface area contributed by atoms with Gasteiger partial charge in [0.2, 0.25) is 5.70 Å². The first-order chi connectivity index (χ1) is 8.00. The summed E-state index contributed by atoms with van der Waals surface area (Å²) in [4.78, 5) is 10.2. The molecule has 1 aromatic rings. The zero-order valence-electron chi connectivity index (χ0n) is 10.3. The molecule has 0 radical (unpaired) electrons. The largest absolute Gasteiger partial charge is 0.493 e. The minimum Gasteiger partial charge on any atom is -0.493 e. The zero-order chi connectivity index (χ0) is 12.8. The molecule has 0 aliphatic rings. The molecule has 0 amide bonds. The summed E-state index contributed by atoms with van der Waals surface area (Å²) in [6.07, 6.45) is 1.52. The number of rotatable bonds is 5. The summed E-state index contributed by atoms with van der Waals surface area (Å²) in [7, 11) is 0. The Bertz CT molecular complexity index is 424. The topological polar surface area (TPSA) is 52.4 Å². The average molecular weight is 235 g/mol. The zero-order valence-corrected chi connectivity index (χ0v) is 10.3. The fourth-order valence-corrected chi connectivity index (χ4v) is 1.27. The third-order valence-corrected chi connectivity index (χ3v) is 2.14. The van der Waals surface area contributed by atoms with Crippen LogP contribution in [-0.2, 0) is 0 Å². The van der Waals surface area contributed by atoms with Gasteiger partial charge in [-0.25, -0.2) is 0 Å². The molecule has 0 saturated heterocycles. The maximum absolute atomic E-state index is 10.6. The van der Waals surface area contributed by atoms with Crippen LogP contribution in [-0.4, -0.2) is 11.5 Å². The summed E-state index contributed by atoms with van der Waals surface area (Å²) >= 11 is 0. The van der Waals surface area contributed by atoms with Crippen molar-refractivity contribution in [3.63, 3.8) is 0 Å². The van der Waals surface area contributed by atoms with E-state index in [1.807, 2.05) is 24.3 Å². The molecule has 0 saturated carbocycles. The Hall–Kier alpha value is -1.84. The van der Waals surface area contributed by atoms with Crippen molar-refractivity contribution in [1.82, 2.24) is 0 Å². The second-order valence-electron chi connectivity index (χ2n) is 4.29. The third kappa shape index (κ3) is 4.26. The molecule has 17 heavy (non-hydrogen) atoms. The summed E-state index contributed by atoms with van der Waals surface area (Å²) < 4.78 is 5.61. The first-order valence-corrected chi connectivity index (χ1v) is 5.55. The lowest BCUT2D eigenvalue weighted by Crippen LogP contribution is -2.05. The number of allylic oxidation sites excluding steroid dienone is 1. The van der Waals surface area contributed by atoms with Gasteiger partial charge in [-0.15, -0.1) is 0 Å². The highest BCUT2D eigenvalue weighted by atomic mass is 16.6. The monoisotopic (exact) mass is 235 g/mol. The number of ether oxygens (including phenoxy) is 1. The molecule has 4 nitrogen and oxygen atoms in total.